The number of rotatable bonds is 7. The lowest BCUT2D eigenvalue weighted by Gasteiger charge is -2.28. The van der Waals surface area contributed by atoms with Crippen LogP contribution in [0, 0.1) is 0 Å². The highest BCUT2D eigenvalue weighted by Gasteiger charge is 2.22. The molecule has 10 aromatic carbocycles. The third-order valence-electron chi connectivity index (χ3n) is 12.2. The molecule has 0 aliphatic rings. The lowest BCUT2D eigenvalue weighted by Crippen LogP contribution is -2.11. The molecule has 0 aliphatic carbocycles. The van der Waals surface area contributed by atoms with Crippen LogP contribution in [0.1, 0.15) is 0 Å². The molecule has 0 atom stereocenters. The normalized spacial score (nSPS) is 11.6. The van der Waals surface area contributed by atoms with Gasteiger partial charge in [-0.2, -0.15) is 0 Å². The van der Waals surface area contributed by atoms with Gasteiger partial charge in [-0.05, 0) is 99.3 Å². The molecule has 3 heteroatoms. The fraction of sp³-hybridized carbons (Fsp3) is 0. The Morgan fingerprint density at radius 2 is 0.967 bits per heavy atom. The van der Waals surface area contributed by atoms with Gasteiger partial charge in [-0.3, -0.25) is 0 Å². The van der Waals surface area contributed by atoms with Crippen LogP contribution in [-0.4, -0.2) is 4.57 Å². The van der Waals surface area contributed by atoms with E-state index in [1.54, 1.807) is 0 Å². The Morgan fingerprint density at radius 1 is 0.344 bits per heavy atom. The Balaban J connectivity index is 1.06. The second kappa shape index (κ2) is 14.5. The molecule has 2 aromatic heterocycles. The van der Waals surface area contributed by atoms with E-state index in [9.17, 15) is 0 Å². The van der Waals surface area contributed by atoms with Crippen molar-refractivity contribution in [3.63, 3.8) is 0 Å². The molecular weight excluding hydrogens is 757 g/mol. The van der Waals surface area contributed by atoms with Crippen LogP contribution in [0.15, 0.2) is 231 Å². The van der Waals surface area contributed by atoms with Crippen LogP contribution in [-0.2, 0) is 0 Å². The van der Waals surface area contributed by atoms with Crippen LogP contribution < -0.4 is 4.90 Å². The summed E-state index contributed by atoms with van der Waals surface area (Å²) in [6.07, 6.45) is 0. The summed E-state index contributed by atoms with van der Waals surface area (Å²) in [4.78, 5) is 2.42. The standard InChI is InChI=1S/C58H38N2S/c1-3-19-41(20-4-1)59(43-34-36-50-49-27-12-14-32-56(49)61-57(50)38-43)53-30-13-11-26-48(53)46-25-10-9-24-45(46)40-33-35-52-55(37-40)60(42-21-5-2-6-22-42)54-31-16-29-51(58(52)54)47-28-15-18-39-17-7-8-23-44(39)47/h1-38H. The smallest absolute Gasteiger partial charge is 0.0547 e. The number of nitrogens with zero attached hydrogens (tertiary/aromatic N) is 2. The average molecular weight is 795 g/mol. The lowest BCUT2D eigenvalue weighted by molar-refractivity contribution is 1.18. The fourth-order valence-corrected chi connectivity index (χ4v) is 10.6. The van der Waals surface area contributed by atoms with Gasteiger partial charge in [0.2, 0.25) is 0 Å². The van der Waals surface area contributed by atoms with Crippen molar-refractivity contribution in [1.82, 2.24) is 4.57 Å². The third kappa shape index (κ3) is 5.85. The van der Waals surface area contributed by atoms with E-state index in [2.05, 4.69) is 240 Å². The van der Waals surface area contributed by atoms with Crippen molar-refractivity contribution in [2.24, 2.45) is 0 Å². The fourth-order valence-electron chi connectivity index (χ4n) is 9.50. The van der Waals surface area contributed by atoms with Gasteiger partial charge in [0.1, 0.15) is 0 Å². The van der Waals surface area contributed by atoms with Crippen LogP contribution in [0.3, 0.4) is 0 Å². The minimum Gasteiger partial charge on any atom is -0.310 e. The molecule has 0 saturated heterocycles. The molecule has 0 N–H and O–H groups in total. The van der Waals surface area contributed by atoms with Crippen LogP contribution in [0.4, 0.5) is 17.1 Å². The van der Waals surface area contributed by atoms with Crippen LogP contribution in [0.25, 0.3) is 91.8 Å². The summed E-state index contributed by atoms with van der Waals surface area (Å²) in [7, 11) is 0. The van der Waals surface area contributed by atoms with E-state index in [1.807, 2.05) is 11.3 Å². The van der Waals surface area contributed by atoms with E-state index in [4.69, 9.17) is 0 Å². The van der Waals surface area contributed by atoms with Gasteiger partial charge in [0.25, 0.3) is 0 Å². The second-order valence-corrected chi connectivity index (χ2v) is 16.7. The first-order chi connectivity index (χ1) is 30.3. The molecule has 2 nitrogen and oxygen atoms in total. The molecule has 0 saturated carbocycles. The third-order valence-corrected chi connectivity index (χ3v) is 13.3. The van der Waals surface area contributed by atoms with Crippen molar-refractivity contribution in [1.29, 1.82) is 0 Å². The van der Waals surface area contributed by atoms with Gasteiger partial charge in [-0.15, -0.1) is 11.3 Å². The SMILES string of the molecule is c1ccc(N(c2ccc3c(c2)sc2ccccc23)c2ccccc2-c2ccccc2-c2ccc3c4c(-c5cccc6ccccc56)cccc4n(-c4ccccc4)c3c2)cc1. The average Bonchev–Trinajstić information content (AvgIpc) is 3.87. The highest BCUT2D eigenvalue weighted by atomic mass is 32.1. The number of thiophene rings is 1. The maximum Gasteiger partial charge on any atom is 0.0547 e. The van der Waals surface area contributed by atoms with E-state index >= 15 is 0 Å². The molecule has 12 rings (SSSR count). The maximum atomic E-state index is 2.45. The molecule has 0 aliphatic heterocycles. The zero-order chi connectivity index (χ0) is 40.3. The zero-order valence-electron chi connectivity index (χ0n) is 33.2. The number of aromatic nitrogens is 1. The second-order valence-electron chi connectivity index (χ2n) is 15.6. The molecule has 12 aromatic rings. The van der Waals surface area contributed by atoms with Gasteiger partial charge in [0.05, 0.1) is 16.7 Å². The molecule has 0 spiro atoms. The van der Waals surface area contributed by atoms with Crippen LogP contribution in [0.2, 0.25) is 0 Å². The van der Waals surface area contributed by atoms with E-state index in [1.165, 1.54) is 86.1 Å². The maximum absolute atomic E-state index is 2.45. The highest BCUT2D eigenvalue weighted by molar-refractivity contribution is 7.25. The Hall–Kier alpha value is -7.72. The Labute approximate surface area is 358 Å². The number of benzene rings is 10. The molecule has 0 unspecified atom stereocenters. The van der Waals surface area contributed by atoms with Crippen LogP contribution in [0.5, 0.6) is 0 Å². The number of anilines is 3. The summed E-state index contributed by atoms with van der Waals surface area (Å²) in [6.45, 7) is 0. The largest absolute Gasteiger partial charge is 0.310 e. The molecule has 61 heavy (non-hydrogen) atoms. The van der Waals surface area contributed by atoms with Crippen molar-refractivity contribution < 1.29 is 0 Å². The zero-order valence-corrected chi connectivity index (χ0v) is 34.1. The molecule has 2 heterocycles. The van der Waals surface area contributed by atoms with Gasteiger partial charge in [0.15, 0.2) is 0 Å². The monoisotopic (exact) mass is 794 g/mol. The van der Waals surface area contributed by atoms with Crippen LogP contribution >= 0.6 is 11.3 Å². The first kappa shape index (κ1) is 35.2. The molecule has 286 valence electrons. The molecule has 0 bridgehead atoms. The minimum absolute atomic E-state index is 1.11. The van der Waals surface area contributed by atoms with Crippen molar-refractivity contribution in [3.05, 3.63) is 231 Å². The summed E-state index contributed by atoms with van der Waals surface area (Å²) in [5, 5.41) is 7.60. The predicted molar refractivity (Wildman–Crippen MR) is 262 cm³/mol. The van der Waals surface area contributed by atoms with Gasteiger partial charge in [-0.25, -0.2) is 0 Å². The highest BCUT2D eigenvalue weighted by Crippen LogP contribution is 2.47. The Morgan fingerprint density at radius 3 is 1.84 bits per heavy atom. The lowest BCUT2D eigenvalue weighted by atomic mass is 9.91. The Kier molecular flexibility index (Phi) is 8.39. The number of hydrogen-bond donors (Lipinski definition) is 0. The first-order valence-corrected chi connectivity index (χ1v) is 21.7. The van der Waals surface area contributed by atoms with Crippen molar-refractivity contribution in [3.8, 4) is 39.1 Å². The summed E-state index contributed by atoms with van der Waals surface area (Å²) in [5.74, 6) is 0. The van der Waals surface area contributed by atoms with E-state index in [0.717, 1.165) is 22.7 Å². The first-order valence-electron chi connectivity index (χ1n) is 20.8. The van der Waals surface area contributed by atoms with Gasteiger partial charge in [-0.1, -0.05) is 170 Å². The molecule has 0 amide bonds. The van der Waals surface area contributed by atoms with Crippen molar-refractivity contribution in [2.75, 3.05) is 4.90 Å². The number of fused-ring (bicyclic) bond motifs is 7. The summed E-state index contributed by atoms with van der Waals surface area (Å²) < 4.78 is 5.03. The van der Waals surface area contributed by atoms with Crippen molar-refractivity contribution in [2.45, 2.75) is 0 Å². The quantitative estimate of drug-likeness (QED) is 0.156. The van der Waals surface area contributed by atoms with E-state index in [0.29, 0.717) is 0 Å². The van der Waals surface area contributed by atoms with Gasteiger partial charge in [0, 0.05) is 53.6 Å². The molecule has 0 fully saturated rings. The predicted octanol–water partition coefficient (Wildman–Crippen LogP) is 16.8. The molecular formula is C58H38N2S. The van der Waals surface area contributed by atoms with Crippen molar-refractivity contribution >= 4 is 81.1 Å². The number of para-hydroxylation sites is 3. The van der Waals surface area contributed by atoms with E-state index < -0.39 is 0 Å². The summed E-state index contributed by atoms with van der Waals surface area (Å²) in [5.41, 5.74) is 14.1. The van der Waals surface area contributed by atoms with E-state index in [-0.39, 0.29) is 0 Å². The van der Waals surface area contributed by atoms with Gasteiger partial charge >= 0.3 is 0 Å². The van der Waals surface area contributed by atoms with Gasteiger partial charge < -0.3 is 9.47 Å². The molecule has 0 radical (unpaired) electrons. The summed E-state index contributed by atoms with van der Waals surface area (Å²) in [6, 6.07) is 84.2. The minimum atomic E-state index is 1.11. The Bertz CT molecular complexity index is 3590. The topological polar surface area (TPSA) is 8.17 Å². The summed E-state index contributed by atoms with van der Waals surface area (Å²) >= 11 is 1.86. The number of hydrogen-bond acceptors (Lipinski definition) is 2.